The standard InChI is InChI=1S/C20H18O8/c1-26-18-10-13(3-9-17(18)28-12-20(24)25)2-8-16(21)14-4-6-15(7-5-14)27-11-19(22)23/h2-10H,11-12H2,1H3,(H,22,23)(H,24,25)/b8-2+. The lowest BCUT2D eigenvalue weighted by Gasteiger charge is -2.09. The number of carboxylic acid groups (broad SMARTS) is 2. The lowest BCUT2D eigenvalue weighted by molar-refractivity contribution is -0.140. The smallest absolute Gasteiger partial charge is 0.341 e. The molecule has 0 aromatic heterocycles. The molecule has 0 amide bonds. The quantitative estimate of drug-likeness (QED) is 0.472. The van der Waals surface area contributed by atoms with Gasteiger partial charge in [0.05, 0.1) is 7.11 Å². The lowest BCUT2D eigenvalue weighted by Crippen LogP contribution is -2.10. The molecular formula is C20H18O8. The molecule has 2 aromatic carbocycles. The van der Waals surface area contributed by atoms with E-state index in [1.807, 2.05) is 0 Å². The SMILES string of the molecule is COc1cc(/C=C/C(=O)c2ccc(OCC(=O)O)cc2)ccc1OCC(=O)O. The minimum absolute atomic E-state index is 0.255. The first kappa shape index (κ1) is 20.5. The third kappa shape index (κ3) is 6.17. The summed E-state index contributed by atoms with van der Waals surface area (Å²) < 4.78 is 15.3. The molecule has 0 aliphatic heterocycles. The predicted octanol–water partition coefficient (Wildman–Crippen LogP) is 2.52. The summed E-state index contributed by atoms with van der Waals surface area (Å²) in [6, 6.07) is 10.9. The van der Waals surface area contributed by atoms with Gasteiger partial charge in [-0.25, -0.2) is 9.59 Å². The van der Waals surface area contributed by atoms with E-state index in [-0.39, 0.29) is 11.5 Å². The van der Waals surface area contributed by atoms with Gasteiger partial charge in [0.2, 0.25) is 0 Å². The Morgan fingerprint density at radius 2 is 1.54 bits per heavy atom. The number of aliphatic carboxylic acids is 2. The minimum atomic E-state index is -1.10. The summed E-state index contributed by atoms with van der Waals surface area (Å²) in [6.45, 7) is -0.947. The van der Waals surface area contributed by atoms with E-state index < -0.39 is 25.2 Å². The Balaban J connectivity index is 2.04. The van der Waals surface area contributed by atoms with Crippen molar-refractivity contribution in [1.29, 1.82) is 0 Å². The van der Waals surface area contributed by atoms with Crippen molar-refractivity contribution in [3.63, 3.8) is 0 Å². The Morgan fingerprint density at radius 1 is 0.893 bits per heavy atom. The molecule has 0 atom stereocenters. The van der Waals surface area contributed by atoms with E-state index in [0.29, 0.717) is 22.6 Å². The van der Waals surface area contributed by atoms with Crippen LogP contribution in [0.2, 0.25) is 0 Å². The van der Waals surface area contributed by atoms with E-state index >= 15 is 0 Å². The first-order chi connectivity index (χ1) is 13.4. The maximum absolute atomic E-state index is 12.3. The Bertz CT molecular complexity index is 884. The van der Waals surface area contributed by atoms with Gasteiger partial charge in [0.25, 0.3) is 0 Å². The van der Waals surface area contributed by atoms with E-state index in [1.165, 1.54) is 37.5 Å². The number of carboxylic acids is 2. The van der Waals surface area contributed by atoms with E-state index in [4.69, 9.17) is 24.4 Å². The van der Waals surface area contributed by atoms with Crippen molar-refractivity contribution in [2.24, 2.45) is 0 Å². The average molecular weight is 386 g/mol. The number of ether oxygens (including phenoxy) is 3. The number of benzene rings is 2. The molecule has 0 aliphatic rings. The zero-order valence-corrected chi connectivity index (χ0v) is 15.0. The van der Waals surface area contributed by atoms with E-state index in [0.717, 1.165) is 0 Å². The van der Waals surface area contributed by atoms with Gasteiger partial charge in [0.15, 0.2) is 30.5 Å². The second-order valence-corrected chi connectivity index (χ2v) is 5.50. The van der Waals surface area contributed by atoms with Gasteiger partial charge in [-0.05, 0) is 48.0 Å². The van der Waals surface area contributed by atoms with Crippen LogP contribution in [0.4, 0.5) is 0 Å². The van der Waals surface area contributed by atoms with Gasteiger partial charge in [0.1, 0.15) is 5.75 Å². The van der Waals surface area contributed by atoms with Gasteiger partial charge in [-0.2, -0.15) is 0 Å². The monoisotopic (exact) mass is 386 g/mol. The van der Waals surface area contributed by atoms with Gasteiger partial charge in [-0.15, -0.1) is 0 Å². The highest BCUT2D eigenvalue weighted by atomic mass is 16.5. The Hall–Kier alpha value is -3.81. The number of rotatable bonds is 10. The average Bonchev–Trinajstić information content (AvgIpc) is 2.69. The minimum Gasteiger partial charge on any atom is -0.493 e. The van der Waals surface area contributed by atoms with Crippen LogP contribution in [0.1, 0.15) is 15.9 Å². The highest BCUT2D eigenvalue weighted by Gasteiger charge is 2.08. The molecule has 0 aliphatic carbocycles. The molecule has 0 fully saturated rings. The highest BCUT2D eigenvalue weighted by Crippen LogP contribution is 2.28. The van der Waals surface area contributed by atoms with E-state index in [9.17, 15) is 14.4 Å². The fourth-order valence-corrected chi connectivity index (χ4v) is 2.18. The second kappa shape index (κ2) is 9.77. The van der Waals surface area contributed by atoms with Crippen LogP contribution in [0.5, 0.6) is 17.2 Å². The zero-order valence-electron chi connectivity index (χ0n) is 15.0. The third-order valence-electron chi connectivity index (χ3n) is 3.47. The van der Waals surface area contributed by atoms with Gasteiger partial charge in [-0.3, -0.25) is 4.79 Å². The summed E-state index contributed by atoms with van der Waals surface area (Å²) in [4.78, 5) is 33.3. The molecule has 0 bridgehead atoms. The summed E-state index contributed by atoms with van der Waals surface area (Å²) in [5.41, 5.74) is 1.07. The van der Waals surface area contributed by atoms with Crippen molar-refractivity contribution < 1.29 is 38.8 Å². The Morgan fingerprint density at radius 3 is 2.14 bits per heavy atom. The largest absolute Gasteiger partial charge is 0.493 e. The van der Waals surface area contributed by atoms with Crippen molar-refractivity contribution in [2.75, 3.05) is 20.3 Å². The summed E-state index contributed by atoms with van der Waals surface area (Å²) >= 11 is 0. The number of ketones is 1. The van der Waals surface area contributed by atoms with Gasteiger partial charge in [-0.1, -0.05) is 12.1 Å². The lowest BCUT2D eigenvalue weighted by atomic mass is 10.1. The number of allylic oxidation sites excluding steroid dienone is 1. The van der Waals surface area contributed by atoms with Crippen LogP contribution in [-0.4, -0.2) is 48.3 Å². The first-order valence-corrected chi connectivity index (χ1v) is 8.08. The fourth-order valence-electron chi connectivity index (χ4n) is 2.18. The normalized spacial score (nSPS) is 10.5. The van der Waals surface area contributed by atoms with Crippen molar-refractivity contribution in [3.8, 4) is 17.2 Å². The highest BCUT2D eigenvalue weighted by molar-refractivity contribution is 6.06. The molecular weight excluding hydrogens is 368 g/mol. The summed E-state index contributed by atoms with van der Waals surface area (Å²) in [5, 5.41) is 17.2. The number of carbonyl (C=O) groups excluding carboxylic acids is 1. The maximum Gasteiger partial charge on any atom is 0.341 e. The van der Waals surface area contributed by atoms with Crippen LogP contribution in [0, 0.1) is 0 Å². The van der Waals surface area contributed by atoms with Crippen LogP contribution in [0.25, 0.3) is 6.08 Å². The molecule has 8 heteroatoms. The van der Waals surface area contributed by atoms with Crippen LogP contribution >= 0.6 is 0 Å². The molecule has 0 radical (unpaired) electrons. The van der Waals surface area contributed by atoms with Crippen LogP contribution in [-0.2, 0) is 9.59 Å². The number of hydrogen-bond donors (Lipinski definition) is 2. The third-order valence-corrected chi connectivity index (χ3v) is 3.47. The zero-order chi connectivity index (χ0) is 20.5. The summed E-state index contributed by atoms with van der Waals surface area (Å²) in [7, 11) is 1.43. The van der Waals surface area contributed by atoms with Crippen LogP contribution in [0.15, 0.2) is 48.5 Å². The molecule has 8 nitrogen and oxygen atoms in total. The van der Waals surface area contributed by atoms with Crippen LogP contribution < -0.4 is 14.2 Å². The van der Waals surface area contributed by atoms with Crippen molar-refractivity contribution >= 4 is 23.8 Å². The van der Waals surface area contributed by atoms with E-state index in [1.54, 1.807) is 24.3 Å². The number of hydrogen-bond acceptors (Lipinski definition) is 6. The molecule has 146 valence electrons. The van der Waals surface area contributed by atoms with Crippen molar-refractivity contribution in [1.82, 2.24) is 0 Å². The first-order valence-electron chi connectivity index (χ1n) is 8.08. The molecule has 2 rings (SSSR count). The van der Waals surface area contributed by atoms with Crippen molar-refractivity contribution in [2.45, 2.75) is 0 Å². The van der Waals surface area contributed by atoms with Crippen molar-refractivity contribution in [3.05, 3.63) is 59.7 Å². The summed E-state index contributed by atoms with van der Waals surface area (Å²) in [5.74, 6) is -1.46. The molecule has 0 spiro atoms. The predicted molar refractivity (Wildman–Crippen MR) is 99.1 cm³/mol. The molecule has 2 N–H and O–H groups in total. The number of methoxy groups -OCH3 is 1. The maximum atomic E-state index is 12.3. The number of carbonyl (C=O) groups is 3. The molecule has 2 aromatic rings. The fraction of sp³-hybridized carbons (Fsp3) is 0.150. The topological polar surface area (TPSA) is 119 Å². The molecule has 0 saturated carbocycles. The van der Waals surface area contributed by atoms with Gasteiger partial charge in [0, 0.05) is 5.56 Å². The van der Waals surface area contributed by atoms with Gasteiger partial charge >= 0.3 is 11.9 Å². The molecule has 0 saturated heterocycles. The van der Waals surface area contributed by atoms with Crippen LogP contribution in [0.3, 0.4) is 0 Å². The summed E-state index contributed by atoms with van der Waals surface area (Å²) in [6.07, 6.45) is 2.96. The second-order valence-electron chi connectivity index (χ2n) is 5.50. The molecule has 0 unspecified atom stereocenters. The molecule has 0 heterocycles. The van der Waals surface area contributed by atoms with E-state index in [2.05, 4.69) is 0 Å². The Labute approximate surface area is 160 Å². The Kier molecular flexibility index (Phi) is 7.15. The van der Waals surface area contributed by atoms with Gasteiger partial charge < -0.3 is 24.4 Å². The molecule has 28 heavy (non-hydrogen) atoms.